The van der Waals surface area contributed by atoms with Crippen molar-refractivity contribution in [3.63, 3.8) is 0 Å². The van der Waals surface area contributed by atoms with Crippen LogP contribution in [0.5, 0.6) is 5.75 Å². The van der Waals surface area contributed by atoms with E-state index in [1.165, 1.54) is 0 Å². The summed E-state index contributed by atoms with van der Waals surface area (Å²) in [5, 5.41) is 0. The molecule has 4 heteroatoms. The molecule has 23 heavy (non-hydrogen) atoms. The van der Waals surface area contributed by atoms with Crippen molar-refractivity contribution in [3.8, 4) is 5.75 Å². The fourth-order valence-electron chi connectivity index (χ4n) is 3.59. The van der Waals surface area contributed by atoms with Gasteiger partial charge in [0.2, 0.25) is 0 Å². The van der Waals surface area contributed by atoms with E-state index in [1.54, 1.807) is 7.11 Å². The van der Waals surface area contributed by atoms with E-state index in [2.05, 4.69) is 0 Å². The van der Waals surface area contributed by atoms with Gasteiger partial charge in [-0.15, -0.1) is 0 Å². The molecule has 4 nitrogen and oxygen atoms in total. The Kier molecular flexibility index (Phi) is 3.54. The zero-order valence-electron chi connectivity index (χ0n) is 12.8. The van der Waals surface area contributed by atoms with Crippen LogP contribution in [0.15, 0.2) is 54.6 Å². The van der Waals surface area contributed by atoms with Crippen LogP contribution in [-0.4, -0.2) is 19.7 Å². The Morgan fingerprint density at radius 3 is 2.57 bits per heavy atom. The number of fused-ring (bicyclic) bond motifs is 1. The highest BCUT2D eigenvalue weighted by atomic mass is 16.6. The van der Waals surface area contributed by atoms with E-state index in [1.807, 2.05) is 54.6 Å². The van der Waals surface area contributed by atoms with Crippen molar-refractivity contribution in [1.29, 1.82) is 0 Å². The molecule has 0 spiro atoms. The van der Waals surface area contributed by atoms with Crippen LogP contribution in [0, 0.1) is 11.8 Å². The van der Waals surface area contributed by atoms with Crippen molar-refractivity contribution in [2.45, 2.75) is 12.2 Å². The minimum absolute atomic E-state index is 0.0566. The minimum Gasteiger partial charge on any atom is -0.497 e. The number of esters is 1. The smallest absolute Gasteiger partial charge is 0.313 e. The van der Waals surface area contributed by atoms with Crippen LogP contribution in [0.3, 0.4) is 0 Å². The van der Waals surface area contributed by atoms with Gasteiger partial charge < -0.3 is 14.2 Å². The highest BCUT2D eigenvalue weighted by molar-refractivity contribution is 5.77. The van der Waals surface area contributed by atoms with Gasteiger partial charge in [-0.25, -0.2) is 0 Å². The number of carbonyl (C=O) groups excluding carboxylic acids is 1. The number of methoxy groups -OCH3 is 1. The van der Waals surface area contributed by atoms with Crippen LogP contribution < -0.4 is 4.74 Å². The highest BCUT2D eigenvalue weighted by Gasteiger charge is 2.54. The van der Waals surface area contributed by atoms with Crippen molar-refractivity contribution in [2.75, 3.05) is 13.7 Å². The molecule has 2 aliphatic heterocycles. The van der Waals surface area contributed by atoms with Crippen molar-refractivity contribution in [1.82, 2.24) is 0 Å². The van der Waals surface area contributed by atoms with Gasteiger partial charge in [-0.05, 0) is 23.3 Å². The van der Waals surface area contributed by atoms with Crippen LogP contribution in [0.2, 0.25) is 0 Å². The van der Waals surface area contributed by atoms with E-state index in [-0.39, 0.29) is 30.0 Å². The molecule has 0 saturated carbocycles. The lowest BCUT2D eigenvalue weighted by molar-refractivity contribution is -0.148. The molecule has 0 amide bonds. The van der Waals surface area contributed by atoms with E-state index in [4.69, 9.17) is 14.2 Å². The van der Waals surface area contributed by atoms with Gasteiger partial charge in [-0.3, -0.25) is 4.79 Å². The van der Waals surface area contributed by atoms with Gasteiger partial charge in [-0.2, -0.15) is 0 Å². The quantitative estimate of drug-likeness (QED) is 0.816. The molecule has 2 aliphatic rings. The number of cyclic esters (lactones) is 1. The maximum Gasteiger partial charge on any atom is 0.313 e. The first-order valence-corrected chi connectivity index (χ1v) is 7.79. The Labute approximate surface area is 135 Å². The number of rotatable bonds is 3. The van der Waals surface area contributed by atoms with Gasteiger partial charge >= 0.3 is 5.97 Å². The molecule has 0 N–H and O–H groups in total. The van der Waals surface area contributed by atoms with Gasteiger partial charge in [-0.1, -0.05) is 42.5 Å². The van der Waals surface area contributed by atoms with E-state index >= 15 is 0 Å². The molecule has 4 atom stereocenters. The van der Waals surface area contributed by atoms with Crippen molar-refractivity contribution < 1.29 is 19.0 Å². The summed E-state index contributed by atoms with van der Waals surface area (Å²) in [4.78, 5) is 12.4. The predicted molar refractivity (Wildman–Crippen MR) is 83.9 cm³/mol. The topological polar surface area (TPSA) is 44.8 Å². The third-order valence-electron chi connectivity index (χ3n) is 4.71. The maximum atomic E-state index is 12.4. The van der Waals surface area contributed by atoms with E-state index < -0.39 is 0 Å². The number of hydrogen-bond donors (Lipinski definition) is 0. The molecular weight excluding hydrogens is 292 g/mol. The van der Waals surface area contributed by atoms with E-state index in [0.717, 1.165) is 16.9 Å². The summed E-state index contributed by atoms with van der Waals surface area (Å²) in [6, 6.07) is 17.6. The third-order valence-corrected chi connectivity index (χ3v) is 4.71. The minimum atomic E-state index is -0.267. The Bertz CT molecular complexity index is 712. The molecule has 0 aliphatic carbocycles. The van der Waals surface area contributed by atoms with Crippen LogP contribution in [0.25, 0.3) is 0 Å². The van der Waals surface area contributed by atoms with Gasteiger partial charge in [0.1, 0.15) is 11.9 Å². The largest absolute Gasteiger partial charge is 0.497 e. The van der Waals surface area contributed by atoms with Crippen LogP contribution in [-0.2, 0) is 14.3 Å². The molecule has 0 unspecified atom stereocenters. The SMILES string of the molecule is COc1cccc([C@@H]2OC[C@H]3[C@@H]2C(=O)O[C@@H]3c2ccccc2)c1. The number of ether oxygens (including phenoxy) is 3. The molecule has 0 bridgehead atoms. The zero-order valence-corrected chi connectivity index (χ0v) is 12.8. The molecule has 2 fully saturated rings. The summed E-state index contributed by atoms with van der Waals surface area (Å²) >= 11 is 0. The van der Waals surface area contributed by atoms with E-state index in [9.17, 15) is 4.79 Å². The second-order valence-corrected chi connectivity index (χ2v) is 5.99. The average molecular weight is 310 g/mol. The lowest BCUT2D eigenvalue weighted by Gasteiger charge is -2.15. The summed E-state index contributed by atoms with van der Waals surface area (Å²) in [7, 11) is 1.63. The van der Waals surface area contributed by atoms with Gasteiger partial charge in [0, 0.05) is 5.92 Å². The first-order chi connectivity index (χ1) is 11.3. The third kappa shape index (κ3) is 2.39. The highest BCUT2D eigenvalue weighted by Crippen LogP contribution is 2.51. The first kappa shape index (κ1) is 14.3. The lowest BCUT2D eigenvalue weighted by Crippen LogP contribution is -2.17. The van der Waals surface area contributed by atoms with Crippen molar-refractivity contribution in [2.24, 2.45) is 11.8 Å². The van der Waals surface area contributed by atoms with Crippen molar-refractivity contribution >= 4 is 5.97 Å². The lowest BCUT2D eigenvalue weighted by atomic mass is 9.84. The molecule has 118 valence electrons. The van der Waals surface area contributed by atoms with E-state index in [0.29, 0.717) is 6.61 Å². The first-order valence-electron chi connectivity index (χ1n) is 7.79. The van der Waals surface area contributed by atoms with Gasteiger partial charge in [0.25, 0.3) is 0 Å². The zero-order chi connectivity index (χ0) is 15.8. The Morgan fingerprint density at radius 2 is 1.78 bits per heavy atom. The normalized spacial score (nSPS) is 29.2. The predicted octanol–water partition coefficient (Wildman–Crippen LogP) is 3.30. The molecule has 2 saturated heterocycles. The second kappa shape index (κ2) is 5.70. The molecule has 4 rings (SSSR count). The van der Waals surface area contributed by atoms with Crippen LogP contribution >= 0.6 is 0 Å². The molecule has 2 heterocycles. The molecule has 0 aromatic heterocycles. The summed E-state index contributed by atoms with van der Waals surface area (Å²) in [6.07, 6.45) is -0.486. The number of benzene rings is 2. The number of hydrogen-bond acceptors (Lipinski definition) is 4. The fourth-order valence-corrected chi connectivity index (χ4v) is 3.59. The Morgan fingerprint density at radius 1 is 1.00 bits per heavy atom. The molecule has 0 radical (unpaired) electrons. The van der Waals surface area contributed by atoms with Gasteiger partial charge in [0.05, 0.1) is 25.7 Å². The molecule has 2 aromatic carbocycles. The number of carbonyl (C=O) groups is 1. The van der Waals surface area contributed by atoms with Gasteiger partial charge in [0.15, 0.2) is 0 Å². The fraction of sp³-hybridized carbons (Fsp3) is 0.316. The second-order valence-electron chi connectivity index (χ2n) is 5.99. The average Bonchev–Trinajstić information content (AvgIpc) is 3.17. The Hall–Kier alpha value is -2.33. The maximum absolute atomic E-state index is 12.4. The molecular formula is C19H18O4. The Balaban J connectivity index is 1.64. The monoisotopic (exact) mass is 310 g/mol. The standard InChI is InChI=1S/C19H18O4/c1-21-14-9-5-8-13(10-14)18-16-15(11-22-18)17(23-19(16)20)12-6-3-2-4-7-12/h2-10,15-18H,11H2,1H3/t15-,16-,17+,18-/m0/s1. The molecule has 2 aromatic rings. The summed E-state index contributed by atoms with van der Waals surface area (Å²) in [6.45, 7) is 0.526. The van der Waals surface area contributed by atoms with Crippen LogP contribution in [0.4, 0.5) is 0 Å². The summed E-state index contributed by atoms with van der Waals surface area (Å²) in [5.74, 6) is 0.392. The van der Waals surface area contributed by atoms with Crippen molar-refractivity contribution in [3.05, 3.63) is 65.7 Å². The summed E-state index contributed by atoms with van der Waals surface area (Å²) < 4.78 is 16.9. The van der Waals surface area contributed by atoms with Crippen LogP contribution in [0.1, 0.15) is 23.3 Å². The summed E-state index contributed by atoms with van der Waals surface area (Å²) in [5.41, 5.74) is 1.99.